The van der Waals surface area contributed by atoms with Gasteiger partial charge in [0.2, 0.25) is 0 Å². The van der Waals surface area contributed by atoms with Crippen LogP contribution in [0.2, 0.25) is 0 Å². The lowest BCUT2D eigenvalue weighted by Gasteiger charge is -2.22. The van der Waals surface area contributed by atoms with Crippen LogP contribution in [0, 0.1) is 6.92 Å². The lowest BCUT2D eigenvalue weighted by molar-refractivity contribution is -0.137. The van der Waals surface area contributed by atoms with Gasteiger partial charge in [-0.05, 0) is 44.2 Å². The highest BCUT2D eigenvalue weighted by Crippen LogP contribution is 2.29. The van der Waals surface area contributed by atoms with Crippen LogP contribution in [0.15, 0.2) is 61.2 Å². The molecule has 0 saturated heterocycles. The fourth-order valence-electron chi connectivity index (χ4n) is 3.47. The molecule has 11 heteroatoms. The molecule has 0 aliphatic rings. The number of halogens is 3. The van der Waals surface area contributed by atoms with E-state index in [2.05, 4.69) is 20.3 Å². The summed E-state index contributed by atoms with van der Waals surface area (Å²) in [7, 11) is 0. The minimum absolute atomic E-state index is 0.157. The SMILES string of the molecule is CCN(CCn1ccc(-c2ccc(C(F)(F)F)cn2)n1)C(=O)c1cc(C)ccc1-n1nccn1. The molecule has 1 amide bonds. The van der Waals surface area contributed by atoms with Crippen molar-refractivity contribution in [2.24, 2.45) is 0 Å². The molecule has 3 aromatic heterocycles. The first-order chi connectivity index (χ1) is 16.3. The second-order valence-electron chi connectivity index (χ2n) is 7.62. The van der Waals surface area contributed by atoms with Crippen molar-refractivity contribution in [3.63, 3.8) is 0 Å². The zero-order chi connectivity index (χ0) is 24.3. The summed E-state index contributed by atoms with van der Waals surface area (Å²) in [4.78, 5) is 20.3. The summed E-state index contributed by atoms with van der Waals surface area (Å²) in [5, 5.41) is 12.7. The Labute approximate surface area is 193 Å². The van der Waals surface area contributed by atoms with Crippen molar-refractivity contribution in [3.05, 3.63) is 77.9 Å². The predicted molar refractivity (Wildman–Crippen MR) is 118 cm³/mol. The van der Waals surface area contributed by atoms with Crippen molar-refractivity contribution in [2.75, 3.05) is 13.1 Å². The maximum atomic E-state index is 13.3. The Kier molecular flexibility index (Phi) is 6.44. The number of likely N-dealkylation sites (N-methyl/N-ethyl adjacent to an activating group) is 1. The van der Waals surface area contributed by atoms with E-state index in [1.54, 1.807) is 34.2 Å². The van der Waals surface area contributed by atoms with Crippen LogP contribution in [0.25, 0.3) is 17.1 Å². The highest BCUT2D eigenvalue weighted by atomic mass is 19.4. The zero-order valence-corrected chi connectivity index (χ0v) is 18.6. The third kappa shape index (κ3) is 4.98. The molecule has 34 heavy (non-hydrogen) atoms. The van der Waals surface area contributed by atoms with Crippen molar-refractivity contribution < 1.29 is 18.0 Å². The van der Waals surface area contributed by atoms with Gasteiger partial charge < -0.3 is 4.90 Å². The summed E-state index contributed by atoms with van der Waals surface area (Å²) in [6.07, 6.45) is 1.16. The second-order valence-corrected chi connectivity index (χ2v) is 7.62. The standard InChI is InChI=1S/C23H22F3N7O/c1-3-31(22(34)18-14-16(2)4-7-21(18)33-28-9-10-29-33)12-13-32-11-8-20(30-32)19-6-5-17(15-27-19)23(24,25)26/h4-11,14-15H,3,12-13H2,1-2H3. The molecule has 0 N–H and O–H groups in total. The molecular weight excluding hydrogens is 447 g/mol. The van der Waals surface area contributed by atoms with Gasteiger partial charge in [-0.15, -0.1) is 0 Å². The highest BCUT2D eigenvalue weighted by Gasteiger charge is 2.30. The van der Waals surface area contributed by atoms with E-state index in [1.165, 1.54) is 10.9 Å². The van der Waals surface area contributed by atoms with Crippen LogP contribution in [0.4, 0.5) is 13.2 Å². The smallest absolute Gasteiger partial charge is 0.337 e. The monoisotopic (exact) mass is 469 g/mol. The number of hydrogen-bond donors (Lipinski definition) is 0. The summed E-state index contributed by atoms with van der Waals surface area (Å²) in [6.45, 7) is 5.07. The molecule has 0 aliphatic carbocycles. The first-order valence-corrected chi connectivity index (χ1v) is 10.6. The van der Waals surface area contributed by atoms with Gasteiger partial charge >= 0.3 is 6.18 Å². The first kappa shape index (κ1) is 23.1. The molecule has 176 valence electrons. The fourth-order valence-corrected chi connectivity index (χ4v) is 3.47. The first-order valence-electron chi connectivity index (χ1n) is 10.6. The van der Waals surface area contributed by atoms with Crippen molar-refractivity contribution >= 4 is 5.91 Å². The van der Waals surface area contributed by atoms with Gasteiger partial charge in [-0.1, -0.05) is 11.6 Å². The summed E-state index contributed by atoms with van der Waals surface area (Å²) in [5.74, 6) is -0.157. The Morgan fingerprint density at radius 2 is 1.82 bits per heavy atom. The van der Waals surface area contributed by atoms with E-state index in [-0.39, 0.29) is 5.91 Å². The average Bonchev–Trinajstić information content (AvgIpc) is 3.51. The lowest BCUT2D eigenvalue weighted by atomic mass is 10.1. The van der Waals surface area contributed by atoms with Crippen molar-refractivity contribution in [3.8, 4) is 17.1 Å². The number of amides is 1. The third-order valence-corrected chi connectivity index (χ3v) is 5.28. The van der Waals surface area contributed by atoms with Crippen molar-refractivity contribution in [1.29, 1.82) is 0 Å². The molecule has 0 spiro atoms. The number of aromatic nitrogens is 6. The maximum absolute atomic E-state index is 13.3. The summed E-state index contributed by atoms with van der Waals surface area (Å²) < 4.78 is 39.9. The Morgan fingerprint density at radius 3 is 2.47 bits per heavy atom. The lowest BCUT2D eigenvalue weighted by Crippen LogP contribution is -2.34. The summed E-state index contributed by atoms with van der Waals surface area (Å²) >= 11 is 0. The molecule has 0 fully saturated rings. The largest absolute Gasteiger partial charge is 0.417 e. The number of alkyl halides is 3. The quantitative estimate of drug-likeness (QED) is 0.409. The van der Waals surface area contributed by atoms with Gasteiger partial charge in [0.25, 0.3) is 5.91 Å². The molecule has 8 nitrogen and oxygen atoms in total. The van der Waals surface area contributed by atoms with E-state index in [4.69, 9.17) is 0 Å². The van der Waals surface area contributed by atoms with Crippen LogP contribution in [0.3, 0.4) is 0 Å². The van der Waals surface area contributed by atoms with Gasteiger partial charge in [-0.25, -0.2) is 0 Å². The van der Waals surface area contributed by atoms with Crippen LogP contribution in [0.5, 0.6) is 0 Å². The molecule has 0 saturated carbocycles. The van der Waals surface area contributed by atoms with E-state index in [0.717, 1.165) is 17.8 Å². The number of nitrogens with zero attached hydrogens (tertiary/aromatic N) is 7. The minimum Gasteiger partial charge on any atom is -0.337 e. The minimum atomic E-state index is -4.44. The summed E-state index contributed by atoms with van der Waals surface area (Å²) in [5.41, 5.74) is 2.01. The van der Waals surface area contributed by atoms with Gasteiger partial charge in [0.1, 0.15) is 5.69 Å². The molecule has 1 aromatic carbocycles. The topological polar surface area (TPSA) is 81.7 Å². The number of aryl methyl sites for hydroxylation is 1. The number of benzene rings is 1. The van der Waals surface area contributed by atoms with Gasteiger partial charge in [-0.3, -0.25) is 14.5 Å². The molecule has 4 rings (SSSR count). The second kappa shape index (κ2) is 9.46. The number of pyridine rings is 1. The van der Waals surface area contributed by atoms with Crippen LogP contribution in [0.1, 0.15) is 28.4 Å². The Morgan fingerprint density at radius 1 is 1.06 bits per heavy atom. The molecule has 0 unspecified atom stereocenters. The maximum Gasteiger partial charge on any atom is 0.417 e. The van der Waals surface area contributed by atoms with E-state index in [0.29, 0.717) is 42.3 Å². The zero-order valence-electron chi connectivity index (χ0n) is 18.6. The van der Waals surface area contributed by atoms with Gasteiger partial charge in [0, 0.05) is 25.5 Å². The average molecular weight is 469 g/mol. The molecule has 0 aliphatic heterocycles. The number of carbonyl (C=O) groups excluding carboxylic acids is 1. The van der Waals surface area contributed by atoms with Crippen molar-refractivity contribution in [2.45, 2.75) is 26.6 Å². The molecule has 0 atom stereocenters. The Hall–Kier alpha value is -4.02. The van der Waals surface area contributed by atoms with Gasteiger partial charge in [0.15, 0.2) is 0 Å². The number of carbonyl (C=O) groups is 1. The third-order valence-electron chi connectivity index (χ3n) is 5.28. The Bertz CT molecular complexity index is 1260. The van der Waals surface area contributed by atoms with E-state index in [9.17, 15) is 18.0 Å². The molecular formula is C23H22F3N7O. The van der Waals surface area contributed by atoms with Gasteiger partial charge in [-0.2, -0.15) is 33.3 Å². The molecule has 4 aromatic rings. The Balaban J connectivity index is 1.47. The molecule has 0 bridgehead atoms. The van der Waals surface area contributed by atoms with Crippen LogP contribution >= 0.6 is 0 Å². The van der Waals surface area contributed by atoms with Crippen molar-refractivity contribution in [1.82, 2.24) is 34.7 Å². The van der Waals surface area contributed by atoms with Crippen LogP contribution in [-0.2, 0) is 12.7 Å². The van der Waals surface area contributed by atoms with Crippen LogP contribution in [-0.4, -0.2) is 53.7 Å². The van der Waals surface area contributed by atoms with Gasteiger partial charge in [0.05, 0.1) is 41.4 Å². The van der Waals surface area contributed by atoms with E-state index < -0.39 is 11.7 Å². The van der Waals surface area contributed by atoms with Crippen LogP contribution < -0.4 is 0 Å². The van der Waals surface area contributed by atoms with E-state index in [1.807, 2.05) is 32.0 Å². The molecule has 0 radical (unpaired) electrons. The highest BCUT2D eigenvalue weighted by molar-refractivity contribution is 5.98. The molecule has 3 heterocycles. The predicted octanol–water partition coefficient (Wildman–Crippen LogP) is 4.02. The number of hydrogen-bond acceptors (Lipinski definition) is 5. The normalized spacial score (nSPS) is 11.6. The fraction of sp³-hybridized carbons (Fsp3) is 0.261. The summed E-state index contributed by atoms with van der Waals surface area (Å²) in [6, 6.07) is 9.47. The number of rotatable bonds is 7. The van der Waals surface area contributed by atoms with E-state index >= 15 is 0 Å².